The smallest absolute Gasteiger partial charge is 0.115 e. The number of rotatable bonds is 5. The Morgan fingerprint density at radius 1 is 1.17 bits per heavy atom. The van der Waals surface area contributed by atoms with Crippen LogP contribution in [0.3, 0.4) is 0 Å². The fourth-order valence-corrected chi connectivity index (χ4v) is 2.58. The SMILES string of the molecule is NC(CCl)=Nc1ccc2c(c1)ncn2CCc1ccc(Cl)cc1. The van der Waals surface area contributed by atoms with Gasteiger partial charge in [-0.3, -0.25) is 0 Å². The fourth-order valence-electron chi connectivity index (χ4n) is 2.40. The van der Waals surface area contributed by atoms with Crippen molar-refractivity contribution in [3.8, 4) is 0 Å². The number of alkyl halides is 1. The molecule has 0 aliphatic heterocycles. The van der Waals surface area contributed by atoms with E-state index in [1.54, 1.807) is 0 Å². The highest BCUT2D eigenvalue weighted by atomic mass is 35.5. The molecule has 0 amide bonds. The number of nitrogens with zero attached hydrogens (tertiary/aromatic N) is 3. The minimum absolute atomic E-state index is 0.216. The second-order valence-corrected chi connectivity index (χ2v) is 5.93. The van der Waals surface area contributed by atoms with E-state index < -0.39 is 0 Å². The van der Waals surface area contributed by atoms with E-state index in [-0.39, 0.29) is 5.88 Å². The highest BCUT2D eigenvalue weighted by Gasteiger charge is 2.04. The molecule has 4 nitrogen and oxygen atoms in total. The van der Waals surface area contributed by atoms with E-state index in [1.807, 2.05) is 48.8 Å². The van der Waals surface area contributed by atoms with Crippen LogP contribution in [-0.4, -0.2) is 21.3 Å². The summed E-state index contributed by atoms with van der Waals surface area (Å²) in [5, 5.41) is 0.756. The number of hydrogen-bond acceptors (Lipinski definition) is 2. The Morgan fingerprint density at radius 3 is 2.70 bits per heavy atom. The molecule has 0 aliphatic rings. The Hall–Kier alpha value is -2.04. The first kappa shape index (κ1) is 15.8. The van der Waals surface area contributed by atoms with Crippen LogP contribution in [0.1, 0.15) is 5.56 Å². The lowest BCUT2D eigenvalue weighted by atomic mass is 10.1. The first-order valence-corrected chi connectivity index (χ1v) is 8.15. The molecule has 3 aromatic rings. The molecule has 2 aromatic carbocycles. The highest BCUT2D eigenvalue weighted by Crippen LogP contribution is 2.21. The normalized spacial score (nSPS) is 12.0. The predicted octanol–water partition coefficient (Wildman–Crippen LogP) is 4.16. The zero-order chi connectivity index (χ0) is 16.2. The van der Waals surface area contributed by atoms with Gasteiger partial charge in [0.1, 0.15) is 5.84 Å². The quantitative estimate of drug-likeness (QED) is 0.428. The molecular weight excluding hydrogens is 331 g/mol. The standard InChI is InChI=1S/C17H16Cl2N4/c18-10-17(20)22-14-5-6-16-15(9-14)21-11-23(16)8-7-12-1-3-13(19)4-2-12/h1-6,9,11H,7-8,10H2,(H2,20,22). The topological polar surface area (TPSA) is 56.2 Å². The molecule has 1 heterocycles. The van der Waals surface area contributed by atoms with Crippen LogP contribution in [0.25, 0.3) is 11.0 Å². The second-order valence-electron chi connectivity index (χ2n) is 5.22. The van der Waals surface area contributed by atoms with Crippen molar-refractivity contribution in [3.63, 3.8) is 0 Å². The first-order chi connectivity index (χ1) is 11.2. The molecule has 0 saturated carbocycles. The molecule has 23 heavy (non-hydrogen) atoms. The van der Waals surface area contributed by atoms with Gasteiger partial charge in [-0.2, -0.15) is 0 Å². The van der Waals surface area contributed by atoms with Gasteiger partial charge in [-0.1, -0.05) is 23.7 Å². The van der Waals surface area contributed by atoms with E-state index in [0.29, 0.717) is 5.84 Å². The predicted molar refractivity (Wildman–Crippen MR) is 96.9 cm³/mol. The van der Waals surface area contributed by atoms with Gasteiger partial charge < -0.3 is 10.3 Å². The Bertz CT molecular complexity index is 837. The molecule has 6 heteroatoms. The summed E-state index contributed by atoms with van der Waals surface area (Å²) in [5.41, 5.74) is 9.63. The molecule has 0 radical (unpaired) electrons. The van der Waals surface area contributed by atoms with E-state index in [1.165, 1.54) is 5.56 Å². The molecule has 0 saturated heterocycles. The van der Waals surface area contributed by atoms with Gasteiger partial charge in [0.05, 0.1) is 28.9 Å². The molecule has 0 bridgehead atoms. The largest absolute Gasteiger partial charge is 0.386 e. The highest BCUT2D eigenvalue weighted by molar-refractivity contribution is 6.30. The van der Waals surface area contributed by atoms with Crippen molar-refractivity contribution in [3.05, 3.63) is 59.4 Å². The van der Waals surface area contributed by atoms with Crippen LogP contribution in [0, 0.1) is 0 Å². The summed E-state index contributed by atoms with van der Waals surface area (Å²) >= 11 is 11.6. The van der Waals surface area contributed by atoms with Crippen LogP contribution in [0.2, 0.25) is 5.02 Å². The zero-order valence-electron chi connectivity index (χ0n) is 12.4. The Kier molecular flexibility index (Phi) is 4.84. The van der Waals surface area contributed by atoms with Crippen LogP contribution in [0.5, 0.6) is 0 Å². The van der Waals surface area contributed by atoms with Gasteiger partial charge in [0.15, 0.2) is 0 Å². The number of aromatic nitrogens is 2. The lowest BCUT2D eigenvalue weighted by molar-refractivity contribution is 0.716. The molecule has 0 fully saturated rings. The monoisotopic (exact) mass is 346 g/mol. The Morgan fingerprint density at radius 2 is 1.96 bits per heavy atom. The zero-order valence-corrected chi connectivity index (χ0v) is 13.9. The van der Waals surface area contributed by atoms with Crippen LogP contribution in [-0.2, 0) is 13.0 Å². The number of amidine groups is 1. The van der Waals surface area contributed by atoms with E-state index >= 15 is 0 Å². The van der Waals surface area contributed by atoms with E-state index in [4.69, 9.17) is 28.9 Å². The minimum atomic E-state index is 0.216. The molecule has 3 rings (SSSR count). The van der Waals surface area contributed by atoms with Gasteiger partial charge in [0, 0.05) is 11.6 Å². The number of imidazole rings is 1. The summed E-state index contributed by atoms with van der Waals surface area (Å²) in [6, 6.07) is 13.7. The van der Waals surface area contributed by atoms with E-state index in [0.717, 1.165) is 34.7 Å². The van der Waals surface area contributed by atoms with Crippen molar-refractivity contribution in [2.45, 2.75) is 13.0 Å². The fraction of sp³-hybridized carbons (Fsp3) is 0.176. The van der Waals surface area contributed by atoms with Gasteiger partial charge in [0.25, 0.3) is 0 Å². The number of aliphatic imine (C=N–C) groups is 1. The van der Waals surface area contributed by atoms with Gasteiger partial charge in [-0.25, -0.2) is 9.98 Å². The van der Waals surface area contributed by atoms with Crippen LogP contribution in [0.15, 0.2) is 53.8 Å². The molecule has 1 aromatic heterocycles. The summed E-state index contributed by atoms with van der Waals surface area (Å²) < 4.78 is 2.13. The van der Waals surface area contributed by atoms with E-state index in [9.17, 15) is 0 Å². The van der Waals surface area contributed by atoms with Gasteiger partial charge in [0.2, 0.25) is 0 Å². The molecule has 2 N–H and O–H groups in total. The lowest BCUT2D eigenvalue weighted by Gasteiger charge is -2.05. The van der Waals surface area contributed by atoms with Gasteiger partial charge in [-0.05, 0) is 42.3 Å². The lowest BCUT2D eigenvalue weighted by Crippen LogP contribution is -2.12. The molecular formula is C17H16Cl2N4. The number of hydrogen-bond donors (Lipinski definition) is 1. The van der Waals surface area contributed by atoms with Gasteiger partial charge in [-0.15, -0.1) is 11.6 Å². The maximum absolute atomic E-state index is 5.91. The Labute approximate surface area is 144 Å². The third kappa shape index (κ3) is 3.84. The number of benzene rings is 2. The number of fused-ring (bicyclic) bond motifs is 1. The van der Waals surface area contributed by atoms with Crippen molar-refractivity contribution in [2.75, 3.05) is 5.88 Å². The average Bonchev–Trinajstić information content (AvgIpc) is 2.96. The molecule has 0 atom stereocenters. The molecule has 0 spiro atoms. The van der Waals surface area contributed by atoms with Crippen LogP contribution >= 0.6 is 23.2 Å². The minimum Gasteiger partial charge on any atom is -0.386 e. The number of halogens is 2. The summed E-state index contributed by atoms with van der Waals surface area (Å²) in [7, 11) is 0. The number of nitrogens with two attached hydrogens (primary N) is 1. The molecule has 0 unspecified atom stereocenters. The molecule has 118 valence electrons. The maximum Gasteiger partial charge on any atom is 0.115 e. The third-order valence-electron chi connectivity index (χ3n) is 3.57. The van der Waals surface area contributed by atoms with Crippen molar-refractivity contribution >= 4 is 45.8 Å². The van der Waals surface area contributed by atoms with E-state index in [2.05, 4.69) is 14.5 Å². The van der Waals surface area contributed by atoms with Crippen molar-refractivity contribution in [1.29, 1.82) is 0 Å². The maximum atomic E-state index is 5.91. The summed E-state index contributed by atoms with van der Waals surface area (Å²) in [4.78, 5) is 8.68. The van der Waals surface area contributed by atoms with Crippen molar-refractivity contribution in [2.24, 2.45) is 10.7 Å². The van der Waals surface area contributed by atoms with Crippen LogP contribution in [0.4, 0.5) is 5.69 Å². The summed E-state index contributed by atoms with van der Waals surface area (Å²) in [6.45, 7) is 0.852. The number of aryl methyl sites for hydroxylation is 2. The summed E-state index contributed by atoms with van der Waals surface area (Å²) in [5.74, 6) is 0.612. The van der Waals surface area contributed by atoms with Gasteiger partial charge >= 0.3 is 0 Å². The summed E-state index contributed by atoms with van der Waals surface area (Å²) in [6.07, 6.45) is 2.76. The van der Waals surface area contributed by atoms with Crippen molar-refractivity contribution < 1.29 is 0 Å². The first-order valence-electron chi connectivity index (χ1n) is 7.24. The Balaban J connectivity index is 1.78. The second kappa shape index (κ2) is 7.02. The molecule has 0 aliphatic carbocycles. The van der Waals surface area contributed by atoms with Crippen molar-refractivity contribution in [1.82, 2.24) is 9.55 Å². The average molecular weight is 347 g/mol. The third-order valence-corrected chi connectivity index (χ3v) is 4.09. The van der Waals surface area contributed by atoms with Crippen LogP contribution < -0.4 is 5.73 Å².